The minimum absolute atomic E-state index is 0.323. The number of aryl methyl sites for hydroxylation is 1. The molecule has 0 bridgehead atoms. The molecule has 0 N–H and O–H groups in total. The average Bonchev–Trinajstić information content (AvgIpc) is 2.67. The van der Waals surface area contributed by atoms with E-state index in [0.29, 0.717) is 5.41 Å². The van der Waals surface area contributed by atoms with Gasteiger partial charge in [0.2, 0.25) is 0 Å². The SMILES string of the molecule is CCC(C)(CCl)CCc1ccsc1. The Hall–Kier alpha value is -0.0100. The summed E-state index contributed by atoms with van der Waals surface area (Å²) < 4.78 is 0. The molecular weight excluding hydrogens is 200 g/mol. The topological polar surface area (TPSA) is 0 Å². The van der Waals surface area contributed by atoms with E-state index in [4.69, 9.17) is 11.6 Å². The van der Waals surface area contributed by atoms with Crippen molar-refractivity contribution < 1.29 is 0 Å². The molecule has 0 aromatic carbocycles. The summed E-state index contributed by atoms with van der Waals surface area (Å²) in [7, 11) is 0. The molecule has 74 valence electrons. The van der Waals surface area contributed by atoms with Crippen LogP contribution in [-0.2, 0) is 6.42 Å². The van der Waals surface area contributed by atoms with Crippen LogP contribution in [0.1, 0.15) is 32.3 Å². The normalized spacial score (nSPS) is 15.6. The first kappa shape index (κ1) is 11.1. The number of hydrogen-bond acceptors (Lipinski definition) is 1. The van der Waals surface area contributed by atoms with Gasteiger partial charge in [0.15, 0.2) is 0 Å². The summed E-state index contributed by atoms with van der Waals surface area (Å²) in [6.07, 6.45) is 3.53. The van der Waals surface area contributed by atoms with Crippen LogP contribution in [0.3, 0.4) is 0 Å². The lowest BCUT2D eigenvalue weighted by atomic mass is 9.84. The van der Waals surface area contributed by atoms with Crippen molar-refractivity contribution in [2.75, 3.05) is 5.88 Å². The Labute approximate surface area is 89.9 Å². The standard InChI is InChI=1S/C11H17ClS/c1-3-11(2,9-12)6-4-10-5-7-13-8-10/h5,7-8H,3-4,6,9H2,1-2H3. The largest absolute Gasteiger partial charge is 0.152 e. The molecule has 0 amide bonds. The molecule has 0 fully saturated rings. The smallest absolute Gasteiger partial charge is 0.0277 e. The van der Waals surface area contributed by atoms with E-state index >= 15 is 0 Å². The van der Waals surface area contributed by atoms with E-state index in [0.717, 1.165) is 5.88 Å². The Balaban J connectivity index is 2.41. The van der Waals surface area contributed by atoms with E-state index < -0.39 is 0 Å². The molecule has 0 saturated heterocycles. The fourth-order valence-corrected chi connectivity index (χ4v) is 2.24. The maximum Gasteiger partial charge on any atom is 0.0277 e. The third-order valence-corrected chi connectivity index (χ3v) is 4.15. The van der Waals surface area contributed by atoms with E-state index in [1.165, 1.54) is 24.8 Å². The molecule has 13 heavy (non-hydrogen) atoms. The van der Waals surface area contributed by atoms with E-state index in [9.17, 15) is 0 Å². The van der Waals surface area contributed by atoms with Crippen LogP contribution in [-0.4, -0.2) is 5.88 Å². The molecule has 1 aromatic rings. The van der Waals surface area contributed by atoms with Gasteiger partial charge >= 0.3 is 0 Å². The van der Waals surface area contributed by atoms with E-state index in [-0.39, 0.29) is 0 Å². The lowest BCUT2D eigenvalue weighted by Crippen LogP contribution is -2.17. The molecule has 0 radical (unpaired) electrons. The molecule has 0 aliphatic rings. The lowest BCUT2D eigenvalue weighted by molar-refractivity contribution is 0.328. The molecule has 2 heteroatoms. The third-order valence-electron chi connectivity index (χ3n) is 2.77. The molecule has 0 spiro atoms. The fraction of sp³-hybridized carbons (Fsp3) is 0.636. The Morgan fingerprint density at radius 1 is 1.54 bits per heavy atom. The number of halogens is 1. The number of hydrogen-bond donors (Lipinski definition) is 0. The van der Waals surface area contributed by atoms with Gasteiger partial charge in [-0.25, -0.2) is 0 Å². The van der Waals surface area contributed by atoms with Gasteiger partial charge in [-0.05, 0) is 47.1 Å². The van der Waals surface area contributed by atoms with E-state index in [1.54, 1.807) is 11.3 Å². The molecule has 1 rings (SSSR count). The van der Waals surface area contributed by atoms with Gasteiger partial charge in [0, 0.05) is 5.88 Å². The van der Waals surface area contributed by atoms with Gasteiger partial charge in [-0.15, -0.1) is 11.6 Å². The van der Waals surface area contributed by atoms with Crippen molar-refractivity contribution >= 4 is 22.9 Å². The highest BCUT2D eigenvalue weighted by Gasteiger charge is 2.20. The van der Waals surface area contributed by atoms with Crippen LogP contribution in [0.5, 0.6) is 0 Å². The summed E-state index contributed by atoms with van der Waals surface area (Å²) in [5.41, 5.74) is 1.78. The van der Waals surface area contributed by atoms with Crippen LogP contribution >= 0.6 is 22.9 Å². The van der Waals surface area contributed by atoms with Crippen LogP contribution in [0.25, 0.3) is 0 Å². The first-order valence-corrected chi connectivity index (χ1v) is 6.25. The zero-order valence-electron chi connectivity index (χ0n) is 8.35. The van der Waals surface area contributed by atoms with Gasteiger partial charge in [-0.1, -0.05) is 13.8 Å². The van der Waals surface area contributed by atoms with Crippen LogP contribution in [0.15, 0.2) is 16.8 Å². The molecule has 1 aromatic heterocycles. The predicted octanol–water partition coefficient (Wildman–Crippen LogP) is 4.34. The van der Waals surface area contributed by atoms with Crippen molar-refractivity contribution in [3.8, 4) is 0 Å². The Morgan fingerprint density at radius 3 is 2.77 bits per heavy atom. The maximum atomic E-state index is 5.95. The van der Waals surface area contributed by atoms with E-state index in [2.05, 4.69) is 30.7 Å². The average molecular weight is 217 g/mol. The molecule has 0 saturated carbocycles. The molecule has 1 heterocycles. The summed E-state index contributed by atoms with van der Waals surface area (Å²) in [6.45, 7) is 4.49. The highest BCUT2D eigenvalue weighted by molar-refractivity contribution is 7.07. The second kappa shape index (κ2) is 5.02. The molecular formula is C11H17ClS. The fourth-order valence-electron chi connectivity index (χ4n) is 1.22. The highest BCUT2D eigenvalue weighted by Crippen LogP contribution is 2.29. The minimum Gasteiger partial charge on any atom is -0.152 e. The quantitative estimate of drug-likeness (QED) is 0.643. The van der Waals surface area contributed by atoms with Crippen LogP contribution in [0, 0.1) is 5.41 Å². The van der Waals surface area contributed by atoms with Gasteiger partial charge in [0.05, 0.1) is 0 Å². The third kappa shape index (κ3) is 3.32. The molecule has 0 nitrogen and oxygen atoms in total. The molecule has 1 unspecified atom stereocenters. The second-order valence-electron chi connectivity index (χ2n) is 3.93. The first-order chi connectivity index (χ1) is 6.20. The predicted molar refractivity (Wildman–Crippen MR) is 61.8 cm³/mol. The summed E-state index contributed by atoms with van der Waals surface area (Å²) in [6, 6.07) is 2.20. The Bertz CT molecular complexity index is 224. The van der Waals surface area contributed by atoms with E-state index in [1.807, 2.05) is 0 Å². The summed E-state index contributed by atoms with van der Waals surface area (Å²) >= 11 is 7.72. The second-order valence-corrected chi connectivity index (χ2v) is 4.98. The van der Waals surface area contributed by atoms with Crippen molar-refractivity contribution in [2.24, 2.45) is 5.41 Å². The van der Waals surface area contributed by atoms with Crippen LogP contribution in [0.2, 0.25) is 0 Å². The Morgan fingerprint density at radius 2 is 2.31 bits per heavy atom. The van der Waals surface area contributed by atoms with Crippen molar-refractivity contribution in [3.05, 3.63) is 22.4 Å². The Kier molecular flexibility index (Phi) is 4.27. The number of thiophene rings is 1. The summed E-state index contributed by atoms with van der Waals surface area (Å²) in [5.74, 6) is 0.771. The van der Waals surface area contributed by atoms with Crippen LogP contribution in [0.4, 0.5) is 0 Å². The van der Waals surface area contributed by atoms with Gasteiger partial charge in [-0.3, -0.25) is 0 Å². The van der Waals surface area contributed by atoms with Crippen LogP contribution < -0.4 is 0 Å². The van der Waals surface area contributed by atoms with Crippen molar-refractivity contribution in [1.29, 1.82) is 0 Å². The first-order valence-electron chi connectivity index (χ1n) is 4.77. The molecule has 1 atom stereocenters. The van der Waals surface area contributed by atoms with Crippen molar-refractivity contribution in [3.63, 3.8) is 0 Å². The van der Waals surface area contributed by atoms with Gasteiger partial charge in [-0.2, -0.15) is 11.3 Å². The van der Waals surface area contributed by atoms with Crippen molar-refractivity contribution in [2.45, 2.75) is 33.1 Å². The number of alkyl halides is 1. The monoisotopic (exact) mass is 216 g/mol. The molecule has 0 aliphatic carbocycles. The van der Waals surface area contributed by atoms with Gasteiger partial charge < -0.3 is 0 Å². The zero-order chi connectivity index (χ0) is 9.73. The lowest BCUT2D eigenvalue weighted by Gasteiger charge is -2.24. The highest BCUT2D eigenvalue weighted by atomic mass is 35.5. The maximum absolute atomic E-state index is 5.95. The minimum atomic E-state index is 0.323. The summed E-state index contributed by atoms with van der Waals surface area (Å²) in [4.78, 5) is 0. The zero-order valence-corrected chi connectivity index (χ0v) is 9.92. The number of rotatable bonds is 5. The summed E-state index contributed by atoms with van der Waals surface area (Å²) in [5, 5.41) is 4.36. The van der Waals surface area contributed by atoms with Crippen molar-refractivity contribution in [1.82, 2.24) is 0 Å². The molecule has 0 aliphatic heterocycles. The van der Waals surface area contributed by atoms with Gasteiger partial charge in [0.25, 0.3) is 0 Å². The van der Waals surface area contributed by atoms with Gasteiger partial charge in [0.1, 0.15) is 0 Å².